The van der Waals surface area contributed by atoms with E-state index in [0.29, 0.717) is 11.3 Å². The van der Waals surface area contributed by atoms with E-state index in [2.05, 4.69) is 30.1 Å². The van der Waals surface area contributed by atoms with Crippen molar-refractivity contribution >= 4 is 40.2 Å². The number of carbonyl (C=O) groups is 2. The first-order valence-corrected chi connectivity index (χ1v) is 14.1. The van der Waals surface area contributed by atoms with Gasteiger partial charge in [-0.05, 0) is 55.8 Å². The van der Waals surface area contributed by atoms with Crippen molar-refractivity contribution in [1.82, 2.24) is 19.7 Å². The highest BCUT2D eigenvalue weighted by Gasteiger charge is 2.33. The van der Waals surface area contributed by atoms with E-state index in [9.17, 15) is 28.0 Å². The number of rotatable bonds is 7. The van der Waals surface area contributed by atoms with Crippen LogP contribution < -0.4 is 15.0 Å². The van der Waals surface area contributed by atoms with Gasteiger partial charge in [0.15, 0.2) is 16.8 Å². The Hall–Kier alpha value is -5.27. The number of amides is 3. The zero-order chi connectivity index (χ0) is 32.3. The first kappa shape index (κ1) is 31.2. The second kappa shape index (κ2) is 12.8. The van der Waals surface area contributed by atoms with E-state index in [1.165, 1.54) is 34.1 Å². The van der Waals surface area contributed by atoms with Crippen LogP contribution in [0.25, 0.3) is 17.2 Å². The van der Waals surface area contributed by atoms with Gasteiger partial charge in [-0.2, -0.15) is 10.3 Å². The summed E-state index contributed by atoms with van der Waals surface area (Å²) in [7, 11) is 1.56. The minimum Gasteiger partial charge on any atom is -0.404 e. The smallest absolute Gasteiger partial charge is 0.404 e. The third-order valence-corrected chi connectivity index (χ3v) is 7.43. The fraction of sp³-hybridized carbons (Fsp3) is 0.207. The lowest BCUT2D eigenvalue weighted by Crippen LogP contribution is -2.31. The molecule has 4 aromatic rings. The Kier molecular flexibility index (Phi) is 8.84. The van der Waals surface area contributed by atoms with Crippen LogP contribution in [-0.2, 0) is 9.53 Å². The summed E-state index contributed by atoms with van der Waals surface area (Å²) in [6, 6.07) is 13.7. The zero-order valence-corrected chi connectivity index (χ0v) is 24.7. The van der Waals surface area contributed by atoms with E-state index in [1.807, 2.05) is 38.1 Å². The summed E-state index contributed by atoms with van der Waals surface area (Å²) < 4.78 is 47.8. The van der Waals surface area contributed by atoms with Gasteiger partial charge in [-0.1, -0.05) is 23.9 Å². The highest BCUT2D eigenvalue weighted by atomic mass is 32.2. The lowest BCUT2D eigenvalue weighted by atomic mass is 10.0. The van der Waals surface area contributed by atoms with Gasteiger partial charge >= 0.3 is 12.4 Å². The Labute approximate surface area is 258 Å². The molecule has 0 spiro atoms. The molecule has 3 heterocycles. The molecule has 0 aliphatic carbocycles. The predicted octanol–water partition coefficient (Wildman–Crippen LogP) is 5.78. The van der Waals surface area contributed by atoms with Gasteiger partial charge in [0, 0.05) is 18.2 Å². The summed E-state index contributed by atoms with van der Waals surface area (Å²) in [4.78, 5) is 39.5. The monoisotopic (exact) mass is 636 g/mol. The van der Waals surface area contributed by atoms with Gasteiger partial charge < -0.3 is 14.8 Å². The van der Waals surface area contributed by atoms with Gasteiger partial charge in [-0.15, -0.1) is 18.3 Å². The number of aryl methyl sites for hydroxylation is 1. The maximum Gasteiger partial charge on any atom is 0.573 e. The molecule has 3 amide bonds. The lowest BCUT2D eigenvalue weighted by Gasteiger charge is -2.23. The van der Waals surface area contributed by atoms with Crippen LogP contribution in [-0.4, -0.2) is 56.1 Å². The number of aromatic nitrogens is 4. The number of hydrogen-bond donors (Lipinski definition) is 1. The third kappa shape index (κ3) is 7.11. The first-order chi connectivity index (χ1) is 21.5. The fourth-order valence-electron chi connectivity index (χ4n) is 4.32. The van der Waals surface area contributed by atoms with Crippen LogP contribution in [0.3, 0.4) is 0 Å². The average molecular weight is 637 g/mol. The summed E-state index contributed by atoms with van der Waals surface area (Å²) in [5.41, 5.74) is 2.92. The number of benzene rings is 2. The normalized spacial score (nSPS) is 14.8. The SMILES string of the molecule is COC(C)c1ccc(C)cc1N1C(=O)CS/C1=N\C(=O)Nc1ccc(-c2ncn(-c3ccc(OC(F)(F)F)cn3)n2)cc1C#N. The number of nitrogens with zero attached hydrogens (tertiary/aromatic N) is 7. The van der Waals surface area contributed by atoms with Crippen LogP contribution in [0.15, 0.2) is 66.0 Å². The molecule has 230 valence electrons. The van der Waals surface area contributed by atoms with E-state index in [0.717, 1.165) is 35.2 Å². The number of hydrogen-bond acceptors (Lipinski definition) is 9. The van der Waals surface area contributed by atoms with Crippen molar-refractivity contribution in [3.05, 3.63) is 77.7 Å². The minimum absolute atomic E-state index is 0.0890. The van der Waals surface area contributed by atoms with Crippen molar-refractivity contribution in [3.63, 3.8) is 0 Å². The fourth-order valence-corrected chi connectivity index (χ4v) is 5.18. The van der Waals surface area contributed by atoms with Gasteiger partial charge in [0.25, 0.3) is 0 Å². The van der Waals surface area contributed by atoms with Crippen molar-refractivity contribution in [1.29, 1.82) is 5.26 Å². The highest BCUT2D eigenvalue weighted by Crippen LogP contribution is 2.35. The van der Waals surface area contributed by atoms with Crippen LogP contribution in [0.5, 0.6) is 5.75 Å². The molecule has 1 saturated heterocycles. The molecule has 1 atom stereocenters. The van der Waals surface area contributed by atoms with Crippen molar-refractivity contribution in [2.45, 2.75) is 26.3 Å². The summed E-state index contributed by atoms with van der Waals surface area (Å²) in [6.07, 6.45) is -2.96. The van der Waals surface area contributed by atoms with Crippen molar-refractivity contribution in [2.24, 2.45) is 4.99 Å². The van der Waals surface area contributed by atoms with Crippen molar-refractivity contribution in [2.75, 3.05) is 23.1 Å². The largest absolute Gasteiger partial charge is 0.573 e. The van der Waals surface area contributed by atoms with Crippen LogP contribution >= 0.6 is 11.8 Å². The second-order valence-electron chi connectivity index (χ2n) is 9.57. The zero-order valence-electron chi connectivity index (χ0n) is 23.9. The summed E-state index contributed by atoms with van der Waals surface area (Å²) in [5.74, 6) is -0.257. The summed E-state index contributed by atoms with van der Waals surface area (Å²) in [5, 5.41) is 16.8. The number of halogens is 3. The molecule has 2 aromatic heterocycles. The summed E-state index contributed by atoms with van der Waals surface area (Å²) >= 11 is 1.12. The second-order valence-corrected chi connectivity index (χ2v) is 10.5. The molecule has 1 fully saturated rings. The molecule has 5 rings (SSSR count). The van der Waals surface area contributed by atoms with Crippen LogP contribution in [0.1, 0.15) is 29.7 Å². The minimum atomic E-state index is -4.84. The molecule has 0 bridgehead atoms. The molecular formula is C29H23F3N8O4S. The number of thioether (sulfide) groups is 1. The van der Waals surface area contributed by atoms with Gasteiger partial charge in [-0.3, -0.25) is 9.69 Å². The van der Waals surface area contributed by atoms with Gasteiger partial charge in [0.05, 0.1) is 35.0 Å². The molecule has 45 heavy (non-hydrogen) atoms. The number of anilines is 2. The standard InChI is InChI=1S/C29H23F3N8O4S/c1-16-4-7-21(17(2)43-3)23(10-16)40-25(41)14-45-28(40)37-27(42)36-22-8-5-18(11-19(22)12-33)26-35-15-39(38-26)24-9-6-20(13-34-24)44-29(30,31)32/h4-11,13,15,17H,14H2,1-3H3,(H,36,42)/b37-28-. The highest BCUT2D eigenvalue weighted by molar-refractivity contribution is 8.15. The molecular weight excluding hydrogens is 613 g/mol. The number of ether oxygens (including phenoxy) is 2. The Morgan fingerprint density at radius 2 is 1.98 bits per heavy atom. The molecule has 0 saturated carbocycles. The van der Waals surface area contributed by atoms with E-state index in [4.69, 9.17) is 4.74 Å². The molecule has 0 radical (unpaired) electrons. The van der Waals surface area contributed by atoms with E-state index in [-0.39, 0.29) is 45.8 Å². The number of amidine groups is 1. The Morgan fingerprint density at radius 3 is 2.67 bits per heavy atom. The first-order valence-electron chi connectivity index (χ1n) is 13.1. The number of methoxy groups -OCH3 is 1. The van der Waals surface area contributed by atoms with Crippen molar-refractivity contribution < 1.29 is 32.2 Å². The van der Waals surface area contributed by atoms with Crippen LogP contribution in [0.2, 0.25) is 0 Å². The molecule has 16 heteroatoms. The van der Waals surface area contributed by atoms with E-state index < -0.39 is 18.1 Å². The molecule has 1 N–H and O–H groups in total. The van der Waals surface area contributed by atoms with E-state index in [1.54, 1.807) is 13.2 Å². The Bertz CT molecular complexity index is 1840. The average Bonchev–Trinajstić information content (AvgIpc) is 3.63. The number of urea groups is 1. The maximum absolute atomic E-state index is 13.0. The maximum atomic E-state index is 13.0. The van der Waals surface area contributed by atoms with Crippen LogP contribution in [0, 0.1) is 18.3 Å². The lowest BCUT2D eigenvalue weighted by molar-refractivity contribution is -0.274. The number of nitriles is 1. The molecule has 2 aromatic carbocycles. The number of alkyl halides is 3. The number of aliphatic imine (C=N–C) groups is 1. The van der Waals surface area contributed by atoms with Crippen LogP contribution in [0.4, 0.5) is 29.3 Å². The number of carbonyl (C=O) groups excluding carboxylic acids is 2. The van der Waals surface area contributed by atoms with E-state index >= 15 is 0 Å². The van der Waals surface area contributed by atoms with Crippen molar-refractivity contribution in [3.8, 4) is 29.0 Å². The topological polar surface area (TPSA) is 148 Å². The van der Waals surface area contributed by atoms with Gasteiger partial charge in [0.1, 0.15) is 18.1 Å². The number of nitrogens with one attached hydrogen (secondary N) is 1. The third-order valence-electron chi connectivity index (χ3n) is 6.50. The quantitative estimate of drug-likeness (QED) is 0.266. The Morgan fingerprint density at radius 1 is 1.18 bits per heavy atom. The Balaban J connectivity index is 1.34. The van der Waals surface area contributed by atoms with Gasteiger partial charge in [-0.25, -0.2) is 19.4 Å². The number of pyridine rings is 1. The molecule has 12 nitrogen and oxygen atoms in total. The summed E-state index contributed by atoms with van der Waals surface area (Å²) in [6.45, 7) is 3.74. The van der Waals surface area contributed by atoms with Gasteiger partial charge in [0.2, 0.25) is 5.91 Å². The molecule has 1 aliphatic rings. The molecule has 1 aliphatic heterocycles. The molecule has 1 unspecified atom stereocenters. The predicted molar refractivity (Wildman–Crippen MR) is 159 cm³/mol.